The summed E-state index contributed by atoms with van der Waals surface area (Å²) in [6.45, 7) is 0.608. The van der Waals surface area contributed by atoms with Crippen molar-refractivity contribution in [2.45, 2.75) is 12.8 Å². The van der Waals surface area contributed by atoms with E-state index in [1.54, 1.807) is 0 Å². The Balaban J connectivity index is 2.10. The summed E-state index contributed by atoms with van der Waals surface area (Å²) < 4.78 is 5.60. The largest absolute Gasteiger partial charge is 0.360 e. The monoisotopic (exact) mass is 346 g/mol. The van der Waals surface area contributed by atoms with Crippen molar-refractivity contribution in [1.82, 2.24) is 5.16 Å². The molecular weight excluding hydrogens is 331 g/mol. The van der Waals surface area contributed by atoms with E-state index in [1.807, 2.05) is 48.5 Å². The maximum atomic E-state index is 6.00. The summed E-state index contributed by atoms with van der Waals surface area (Å²) in [7, 11) is 0. The Morgan fingerprint density at radius 1 is 0.870 bits per heavy atom. The van der Waals surface area contributed by atoms with Crippen molar-refractivity contribution in [3.05, 3.63) is 64.3 Å². The molecule has 23 heavy (non-hydrogen) atoms. The highest BCUT2D eigenvalue weighted by Gasteiger charge is 2.19. The first-order chi connectivity index (χ1) is 11.2. The van der Waals surface area contributed by atoms with Crippen molar-refractivity contribution in [2.75, 3.05) is 6.54 Å². The number of nitrogens with two attached hydrogens (primary N) is 1. The smallest absolute Gasteiger partial charge is 0.145 e. The van der Waals surface area contributed by atoms with Crippen LogP contribution in [0.15, 0.2) is 53.1 Å². The molecule has 0 radical (unpaired) electrons. The summed E-state index contributed by atoms with van der Waals surface area (Å²) >= 11 is 12.0. The van der Waals surface area contributed by atoms with Gasteiger partial charge < -0.3 is 10.3 Å². The SMILES string of the molecule is NCCCc1onc(-c2ccc(Cl)cc2)c1-c1ccc(Cl)cc1. The van der Waals surface area contributed by atoms with E-state index in [0.29, 0.717) is 16.6 Å². The van der Waals surface area contributed by atoms with Crippen LogP contribution >= 0.6 is 23.2 Å². The van der Waals surface area contributed by atoms with E-state index in [-0.39, 0.29) is 0 Å². The molecular formula is C18H16Cl2N2O. The summed E-state index contributed by atoms with van der Waals surface area (Å²) in [6, 6.07) is 15.2. The number of halogens is 2. The molecule has 2 N–H and O–H groups in total. The highest BCUT2D eigenvalue weighted by molar-refractivity contribution is 6.31. The van der Waals surface area contributed by atoms with Gasteiger partial charge >= 0.3 is 0 Å². The van der Waals surface area contributed by atoms with Crippen LogP contribution < -0.4 is 5.73 Å². The summed E-state index contributed by atoms with van der Waals surface area (Å²) in [4.78, 5) is 0. The van der Waals surface area contributed by atoms with Crippen LogP contribution in [0.4, 0.5) is 0 Å². The van der Waals surface area contributed by atoms with E-state index in [4.69, 9.17) is 33.5 Å². The Labute approximate surface area is 145 Å². The summed E-state index contributed by atoms with van der Waals surface area (Å²) in [5, 5.41) is 5.66. The quantitative estimate of drug-likeness (QED) is 0.690. The van der Waals surface area contributed by atoms with Crippen LogP contribution in [0.1, 0.15) is 12.2 Å². The Kier molecular flexibility index (Phi) is 5.01. The number of benzene rings is 2. The van der Waals surface area contributed by atoms with E-state index in [0.717, 1.165) is 41.0 Å². The van der Waals surface area contributed by atoms with Gasteiger partial charge in [-0.3, -0.25) is 0 Å². The molecule has 1 aromatic heterocycles. The van der Waals surface area contributed by atoms with Crippen LogP contribution in [0.25, 0.3) is 22.4 Å². The third kappa shape index (κ3) is 3.58. The Bertz CT molecular complexity index is 780. The van der Waals surface area contributed by atoms with E-state index < -0.39 is 0 Å². The topological polar surface area (TPSA) is 52.0 Å². The molecule has 0 atom stereocenters. The van der Waals surface area contributed by atoms with Crippen LogP contribution in [0, 0.1) is 0 Å². The fourth-order valence-electron chi connectivity index (χ4n) is 2.48. The lowest BCUT2D eigenvalue weighted by Crippen LogP contribution is -2.00. The second-order valence-corrected chi connectivity index (χ2v) is 6.11. The van der Waals surface area contributed by atoms with Crippen molar-refractivity contribution in [3.8, 4) is 22.4 Å². The maximum absolute atomic E-state index is 6.00. The molecule has 2 aromatic carbocycles. The zero-order chi connectivity index (χ0) is 16.2. The molecule has 3 aromatic rings. The molecule has 3 rings (SSSR count). The number of hydrogen-bond acceptors (Lipinski definition) is 3. The zero-order valence-electron chi connectivity index (χ0n) is 12.4. The first kappa shape index (κ1) is 16.1. The molecule has 0 aliphatic heterocycles. The van der Waals surface area contributed by atoms with Crippen molar-refractivity contribution >= 4 is 23.2 Å². The second kappa shape index (κ2) is 7.18. The highest BCUT2D eigenvalue weighted by atomic mass is 35.5. The molecule has 1 heterocycles. The van der Waals surface area contributed by atoms with Gasteiger partial charge in [-0.25, -0.2) is 0 Å². The number of nitrogens with zero attached hydrogens (tertiary/aromatic N) is 1. The Morgan fingerprint density at radius 2 is 1.43 bits per heavy atom. The predicted molar refractivity (Wildman–Crippen MR) is 94.8 cm³/mol. The highest BCUT2D eigenvalue weighted by Crippen LogP contribution is 2.36. The van der Waals surface area contributed by atoms with Crippen LogP contribution in [0.3, 0.4) is 0 Å². The molecule has 0 amide bonds. The molecule has 3 nitrogen and oxygen atoms in total. The summed E-state index contributed by atoms with van der Waals surface area (Å²) in [5.74, 6) is 0.836. The lowest BCUT2D eigenvalue weighted by Gasteiger charge is -2.05. The standard InChI is InChI=1S/C18H16Cl2N2O/c19-14-7-3-12(4-8-14)17-16(2-1-11-21)23-22-18(17)13-5-9-15(20)10-6-13/h3-10H,1-2,11,21H2. The molecule has 0 aliphatic rings. The van der Waals surface area contributed by atoms with Gasteiger partial charge in [0.1, 0.15) is 11.5 Å². The predicted octanol–water partition coefficient (Wildman–Crippen LogP) is 5.21. The van der Waals surface area contributed by atoms with E-state index in [1.165, 1.54) is 0 Å². The summed E-state index contributed by atoms with van der Waals surface area (Å²) in [5.41, 5.74) is 9.39. The molecule has 0 saturated carbocycles. The van der Waals surface area contributed by atoms with Gasteiger partial charge in [0.05, 0.1) is 5.56 Å². The minimum absolute atomic E-state index is 0.608. The van der Waals surface area contributed by atoms with Crippen LogP contribution in [0.2, 0.25) is 10.0 Å². The van der Waals surface area contributed by atoms with Gasteiger partial charge in [0.25, 0.3) is 0 Å². The second-order valence-electron chi connectivity index (χ2n) is 5.24. The fraction of sp³-hybridized carbons (Fsp3) is 0.167. The van der Waals surface area contributed by atoms with Gasteiger partial charge in [-0.2, -0.15) is 0 Å². The molecule has 0 unspecified atom stereocenters. The number of aromatic nitrogens is 1. The van der Waals surface area contributed by atoms with Gasteiger partial charge in [-0.1, -0.05) is 52.6 Å². The van der Waals surface area contributed by atoms with Gasteiger partial charge in [-0.15, -0.1) is 0 Å². The molecule has 0 bridgehead atoms. The third-order valence-electron chi connectivity index (χ3n) is 3.62. The average Bonchev–Trinajstić information content (AvgIpc) is 2.98. The molecule has 0 saturated heterocycles. The molecule has 118 valence electrons. The van der Waals surface area contributed by atoms with Gasteiger partial charge in [0.15, 0.2) is 0 Å². The minimum atomic E-state index is 0.608. The zero-order valence-corrected chi connectivity index (χ0v) is 13.9. The molecule has 0 aliphatic carbocycles. The first-order valence-electron chi connectivity index (χ1n) is 7.39. The lowest BCUT2D eigenvalue weighted by atomic mass is 9.97. The van der Waals surface area contributed by atoms with Gasteiger partial charge in [-0.05, 0) is 42.8 Å². The first-order valence-corrected chi connectivity index (χ1v) is 8.15. The fourth-order valence-corrected chi connectivity index (χ4v) is 2.73. The van der Waals surface area contributed by atoms with E-state index in [2.05, 4.69) is 5.16 Å². The number of rotatable bonds is 5. The Morgan fingerprint density at radius 3 is 2.00 bits per heavy atom. The lowest BCUT2D eigenvalue weighted by molar-refractivity contribution is 0.384. The third-order valence-corrected chi connectivity index (χ3v) is 4.13. The van der Waals surface area contributed by atoms with Crippen molar-refractivity contribution in [1.29, 1.82) is 0 Å². The van der Waals surface area contributed by atoms with Crippen LogP contribution in [-0.2, 0) is 6.42 Å². The van der Waals surface area contributed by atoms with Crippen molar-refractivity contribution in [3.63, 3.8) is 0 Å². The Hall–Kier alpha value is -1.81. The van der Waals surface area contributed by atoms with E-state index in [9.17, 15) is 0 Å². The normalized spacial score (nSPS) is 10.9. The molecule has 0 fully saturated rings. The molecule has 5 heteroatoms. The number of hydrogen-bond donors (Lipinski definition) is 1. The van der Waals surface area contributed by atoms with Gasteiger partial charge in [0.2, 0.25) is 0 Å². The van der Waals surface area contributed by atoms with Crippen LogP contribution in [0.5, 0.6) is 0 Å². The van der Waals surface area contributed by atoms with Crippen LogP contribution in [-0.4, -0.2) is 11.7 Å². The average molecular weight is 347 g/mol. The van der Waals surface area contributed by atoms with E-state index >= 15 is 0 Å². The minimum Gasteiger partial charge on any atom is -0.360 e. The maximum Gasteiger partial charge on any atom is 0.145 e. The summed E-state index contributed by atoms with van der Waals surface area (Å²) in [6.07, 6.45) is 1.59. The van der Waals surface area contributed by atoms with Crippen molar-refractivity contribution in [2.24, 2.45) is 5.73 Å². The number of aryl methyl sites for hydroxylation is 1. The van der Waals surface area contributed by atoms with Crippen molar-refractivity contribution < 1.29 is 4.52 Å². The van der Waals surface area contributed by atoms with Gasteiger partial charge in [0, 0.05) is 22.0 Å². The molecule has 0 spiro atoms.